The number of carbonyl (C=O) groups is 2. The zero-order chi connectivity index (χ0) is 17.2. The molecule has 23 heavy (non-hydrogen) atoms. The molecule has 0 radical (unpaired) electrons. The van der Waals surface area contributed by atoms with Crippen LogP contribution in [-0.2, 0) is 20.6 Å². The zero-order valence-electron chi connectivity index (χ0n) is 12.9. The molecule has 6 nitrogen and oxygen atoms in total. The summed E-state index contributed by atoms with van der Waals surface area (Å²) in [4.78, 5) is 31.5. The Morgan fingerprint density at radius 1 is 1.04 bits per heavy atom. The van der Waals surface area contributed by atoms with Gasteiger partial charge < -0.3 is 15.1 Å². The van der Waals surface area contributed by atoms with Crippen LogP contribution in [0.1, 0.15) is 37.7 Å². The van der Waals surface area contributed by atoms with Crippen LogP contribution >= 0.6 is 8.03 Å². The Hall–Kier alpha value is -1.65. The summed E-state index contributed by atoms with van der Waals surface area (Å²) in [6.07, 6.45) is 2.21. The van der Waals surface area contributed by atoms with E-state index in [4.69, 9.17) is 5.11 Å². The van der Waals surface area contributed by atoms with Crippen molar-refractivity contribution in [2.24, 2.45) is 5.92 Å². The van der Waals surface area contributed by atoms with Crippen molar-refractivity contribution < 1.29 is 29.3 Å². The molecule has 0 aliphatic rings. The number of hydrogen-bond donors (Lipinski definition) is 3. The van der Waals surface area contributed by atoms with Crippen LogP contribution in [0.25, 0.3) is 0 Å². The Morgan fingerprint density at radius 2 is 1.70 bits per heavy atom. The van der Waals surface area contributed by atoms with Crippen molar-refractivity contribution in [3.05, 3.63) is 35.9 Å². The summed E-state index contributed by atoms with van der Waals surface area (Å²) in [6, 6.07) is 9.07. The molecule has 0 aliphatic heterocycles. The van der Waals surface area contributed by atoms with Gasteiger partial charge in [0.25, 0.3) is 0 Å². The minimum Gasteiger partial charge on any atom is -0.481 e. The molecule has 0 spiro atoms. The van der Waals surface area contributed by atoms with Gasteiger partial charge >= 0.3 is 11.9 Å². The third-order valence-corrected chi connectivity index (χ3v) is 5.07. The summed E-state index contributed by atoms with van der Waals surface area (Å²) in [5.74, 6) is -2.84. The molecule has 0 saturated heterocycles. The lowest BCUT2D eigenvalue weighted by molar-refractivity contribution is -0.142. The van der Waals surface area contributed by atoms with E-state index in [9.17, 15) is 24.2 Å². The summed E-state index contributed by atoms with van der Waals surface area (Å²) >= 11 is 0. The highest BCUT2D eigenvalue weighted by atomic mass is 31.1. The molecule has 0 saturated carbocycles. The molecule has 0 aromatic heterocycles. The van der Waals surface area contributed by atoms with Crippen molar-refractivity contribution in [1.29, 1.82) is 0 Å². The molecule has 3 N–H and O–H groups in total. The number of unbranched alkanes of at least 4 members (excludes halogenated alkanes) is 2. The molecule has 1 aromatic rings. The SMILES string of the molecule is O=C(O)CCCCCC(C(=O)O)C(Cc1ccccc1)[PH](=O)O. The predicted molar refractivity (Wildman–Crippen MR) is 87.0 cm³/mol. The second-order valence-electron chi connectivity index (χ2n) is 5.57. The van der Waals surface area contributed by atoms with Crippen LogP contribution in [0.15, 0.2) is 30.3 Å². The average molecular weight is 342 g/mol. The summed E-state index contributed by atoms with van der Waals surface area (Å²) < 4.78 is 11.7. The first-order valence-corrected chi connectivity index (χ1v) is 9.06. The number of benzene rings is 1. The van der Waals surface area contributed by atoms with Gasteiger partial charge in [0.2, 0.25) is 0 Å². The van der Waals surface area contributed by atoms with Crippen molar-refractivity contribution in [2.45, 2.75) is 44.2 Å². The van der Waals surface area contributed by atoms with E-state index in [1.54, 1.807) is 0 Å². The monoisotopic (exact) mass is 342 g/mol. The first-order chi connectivity index (χ1) is 10.9. The maximum absolute atomic E-state index is 11.7. The lowest BCUT2D eigenvalue weighted by Gasteiger charge is -2.21. The summed E-state index contributed by atoms with van der Waals surface area (Å²) in [7, 11) is -2.99. The minimum atomic E-state index is -2.99. The maximum atomic E-state index is 11.7. The molecular weight excluding hydrogens is 319 g/mol. The quantitative estimate of drug-likeness (QED) is 0.421. The van der Waals surface area contributed by atoms with E-state index in [0.717, 1.165) is 5.56 Å². The van der Waals surface area contributed by atoms with Gasteiger partial charge in [-0.3, -0.25) is 14.2 Å². The van der Waals surface area contributed by atoms with E-state index in [0.29, 0.717) is 19.3 Å². The fourth-order valence-electron chi connectivity index (χ4n) is 2.58. The fraction of sp³-hybridized carbons (Fsp3) is 0.500. The topological polar surface area (TPSA) is 112 Å². The molecule has 3 unspecified atom stereocenters. The number of rotatable bonds is 11. The van der Waals surface area contributed by atoms with Gasteiger partial charge in [-0.1, -0.05) is 43.2 Å². The molecule has 0 fully saturated rings. The number of carboxylic acids is 2. The van der Waals surface area contributed by atoms with Gasteiger partial charge in [0.1, 0.15) is 0 Å². The summed E-state index contributed by atoms with van der Waals surface area (Å²) in [6.45, 7) is 0. The van der Waals surface area contributed by atoms with Crippen molar-refractivity contribution >= 4 is 20.0 Å². The highest BCUT2D eigenvalue weighted by Gasteiger charge is 2.31. The lowest BCUT2D eigenvalue weighted by Crippen LogP contribution is -2.27. The van der Waals surface area contributed by atoms with Gasteiger partial charge in [0.15, 0.2) is 8.03 Å². The molecule has 128 valence electrons. The first kappa shape index (κ1) is 19.4. The van der Waals surface area contributed by atoms with Gasteiger partial charge in [-0.15, -0.1) is 0 Å². The molecule has 0 bridgehead atoms. The van der Waals surface area contributed by atoms with Crippen molar-refractivity contribution in [2.75, 3.05) is 0 Å². The molecule has 0 amide bonds. The van der Waals surface area contributed by atoms with Gasteiger partial charge in [-0.2, -0.15) is 0 Å². The van der Waals surface area contributed by atoms with E-state index in [2.05, 4.69) is 0 Å². The standard InChI is InChI=1S/C16H23O6P/c17-15(18)10-6-2-5-9-13(16(19)20)14(23(21)22)11-12-7-3-1-4-8-12/h1,3-4,7-8,13-14,23H,2,5-6,9-11H2,(H,17,18)(H,19,20)(H,21,22). The highest BCUT2D eigenvalue weighted by molar-refractivity contribution is 7.39. The van der Waals surface area contributed by atoms with Crippen LogP contribution in [0.5, 0.6) is 0 Å². The molecule has 3 atom stereocenters. The summed E-state index contributed by atoms with van der Waals surface area (Å²) in [5.41, 5.74) is 0.0291. The Balaban J connectivity index is 2.65. The molecule has 0 heterocycles. The van der Waals surface area contributed by atoms with E-state index in [-0.39, 0.29) is 19.3 Å². The fourth-order valence-corrected chi connectivity index (χ4v) is 3.65. The molecular formula is C16H23O6P. The predicted octanol–water partition coefficient (Wildman–Crippen LogP) is 2.80. The third-order valence-electron chi connectivity index (χ3n) is 3.82. The third kappa shape index (κ3) is 7.44. The van der Waals surface area contributed by atoms with E-state index in [1.165, 1.54) is 0 Å². The van der Waals surface area contributed by atoms with Crippen LogP contribution in [0.2, 0.25) is 0 Å². The molecule has 7 heteroatoms. The van der Waals surface area contributed by atoms with Gasteiger partial charge in [-0.25, -0.2) is 0 Å². The maximum Gasteiger partial charge on any atom is 0.307 e. The Kier molecular flexibility index (Phi) is 8.59. The van der Waals surface area contributed by atoms with Gasteiger partial charge in [0.05, 0.1) is 11.6 Å². The second-order valence-corrected chi connectivity index (χ2v) is 6.99. The highest BCUT2D eigenvalue weighted by Crippen LogP contribution is 2.35. The van der Waals surface area contributed by atoms with E-state index < -0.39 is 31.5 Å². The van der Waals surface area contributed by atoms with Crippen LogP contribution in [-0.4, -0.2) is 32.7 Å². The number of carboxylic acid groups (broad SMARTS) is 2. The van der Waals surface area contributed by atoms with Crippen LogP contribution < -0.4 is 0 Å². The molecule has 1 aromatic carbocycles. The largest absolute Gasteiger partial charge is 0.481 e. The van der Waals surface area contributed by atoms with Crippen molar-refractivity contribution in [1.82, 2.24) is 0 Å². The van der Waals surface area contributed by atoms with Crippen molar-refractivity contribution in [3.8, 4) is 0 Å². The zero-order valence-corrected chi connectivity index (χ0v) is 13.9. The smallest absolute Gasteiger partial charge is 0.307 e. The molecule has 0 aliphatic carbocycles. The van der Waals surface area contributed by atoms with E-state index in [1.807, 2.05) is 30.3 Å². The van der Waals surface area contributed by atoms with Gasteiger partial charge in [-0.05, 0) is 24.8 Å². The normalized spacial score (nSPS) is 14.8. The van der Waals surface area contributed by atoms with Crippen molar-refractivity contribution in [3.63, 3.8) is 0 Å². The lowest BCUT2D eigenvalue weighted by atomic mass is 9.93. The number of aliphatic carboxylic acids is 2. The first-order valence-electron chi connectivity index (χ1n) is 7.63. The Morgan fingerprint density at radius 3 is 2.22 bits per heavy atom. The average Bonchev–Trinajstić information content (AvgIpc) is 2.49. The molecule has 1 rings (SSSR count). The number of hydrogen-bond acceptors (Lipinski definition) is 3. The summed E-state index contributed by atoms with van der Waals surface area (Å²) in [5, 5.41) is 18.0. The van der Waals surface area contributed by atoms with Crippen LogP contribution in [0.4, 0.5) is 0 Å². The Labute approximate surface area is 136 Å². The van der Waals surface area contributed by atoms with Crippen LogP contribution in [0, 0.1) is 5.92 Å². The minimum absolute atomic E-state index is 0.0573. The van der Waals surface area contributed by atoms with Gasteiger partial charge in [0, 0.05) is 6.42 Å². The Bertz CT molecular complexity index is 531. The van der Waals surface area contributed by atoms with Crippen LogP contribution in [0.3, 0.4) is 0 Å². The van der Waals surface area contributed by atoms with E-state index >= 15 is 0 Å². The second kappa shape index (κ2) is 10.2.